The fraction of sp³-hybridized carbons (Fsp3) is 0.200. The van der Waals surface area contributed by atoms with Crippen LogP contribution in [0.5, 0.6) is 0 Å². The minimum absolute atomic E-state index is 0.103. The number of thioether (sulfide) groups is 1. The molecule has 9 nitrogen and oxygen atoms in total. The summed E-state index contributed by atoms with van der Waals surface area (Å²) in [4.78, 5) is 36.4. The van der Waals surface area contributed by atoms with Crippen LogP contribution in [0, 0.1) is 10.1 Å². The van der Waals surface area contributed by atoms with Gasteiger partial charge in [-0.25, -0.2) is 0 Å². The van der Waals surface area contributed by atoms with Crippen molar-refractivity contribution in [3.8, 4) is 0 Å². The van der Waals surface area contributed by atoms with E-state index in [1.54, 1.807) is 12.1 Å². The highest BCUT2D eigenvalue weighted by molar-refractivity contribution is 8.01. The SMILES string of the molecule is O=C(O)CC1SC(c2cccc([N+](=O)[O-])c2)N(c2nnc(Cc3ccccc3)s2)C1=O. The van der Waals surface area contributed by atoms with E-state index in [9.17, 15) is 24.8 Å². The van der Waals surface area contributed by atoms with Crippen LogP contribution in [0.2, 0.25) is 0 Å². The van der Waals surface area contributed by atoms with Gasteiger partial charge in [-0.15, -0.1) is 22.0 Å². The van der Waals surface area contributed by atoms with Gasteiger partial charge in [0.15, 0.2) is 0 Å². The minimum atomic E-state index is -1.09. The zero-order valence-electron chi connectivity index (χ0n) is 16.0. The molecule has 3 aromatic rings. The largest absolute Gasteiger partial charge is 0.481 e. The Balaban J connectivity index is 1.67. The highest BCUT2D eigenvalue weighted by Crippen LogP contribution is 2.47. The first-order valence-electron chi connectivity index (χ1n) is 9.23. The molecular formula is C20H16N4O5S2. The van der Waals surface area contributed by atoms with Crippen molar-refractivity contribution < 1.29 is 19.6 Å². The van der Waals surface area contributed by atoms with Crippen molar-refractivity contribution in [1.82, 2.24) is 10.2 Å². The van der Waals surface area contributed by atoms with E-state index in [1.807, 2.05) is 30.3 Å². The third kappa shape index (κ3) is 4.57. The van der Waals surface area contributed by atoms with Crippen molar-refractivity contribution in [2.45, 2.75) is 23.5 Å². The summed E-state index contributed by atoms with van der Waals surface area (Å²) in [5.74, 6) is -1.49. The first-order chi connectivity index (χ1) is 14.9. The molecule has 1 N–H and O–H groups in total. The van der Waals surface area contributed by atoms with Crippen molar-refractivity contribution in [3.63, 3.8) is 0 Å². The van der Waals surface area contributed by atoms with E-state index in [1.165, 1.54) is 28.4 Å². The van der Waals surface area contributed by atoms with Gasteiger partial charge in [0, 0.05) is 18.6 Å². The van der Waals surface area contributed by atoms with Crippen LogP contribution in [0.4, 0.5) is 10.8 Å². The van der Waals surface area contributed by atoms with Crippen molar-refractivity contribution in [3.05, 3.63) is 80.8 Å². The van der Waals surface area contributed by atoms with Crippen molar-refractivity contribution in [2.75, 3.05) is 4.90 Å². The molecule has 0 aliphatic carbocycles. The number of hydrogen-bond donors (Lipinski definition) is 1. The number of benzene rings is 2. The van der Waals surface area contributed by atoms with Crippen LogP contribution in [0.3, 0.4) is 0 Å². The molecule has 0 radical (unpaired) electrons. The third-order valence-corrected chi connectivity index (χ3v) is 6.99. The van der Waals surface area contributed by atoms with Gasteiger partial charge in [0.1, 0.15) is 10.4 Å². The van der Waals surface area contributed by atoms with Crippen LogP contribution in [-0.4, -0.2) is 37.4 Å². The van der Waals surface area contributed by atoms with Crippen LogP contribution in [0.25, 0.3) is 0 Å². The van der Waals surface area contributed by atoms with E-state index in [0.717, 1.165) is 17.3 Å². The molecule has 0 spiro atoms. The first kappa shape index (κ1) is 20.9. The Hall–Kier alpha value is -3.31. The Bertz CT molecular complexity index is 1140. The molecule has 0 bridgehead atoms. The number of aliphatic carboxylic acids is 1. The summed E-state index contributed by atoms with van der Waals surface area (Å²) >= 11 is 2.40. The molecule has 1 fully saturated rings. The van der Waals surface area contributed by atoms with E-state index in [2.05, 4.69) is 10.2 Å². The molecule has 1 amide bonds. The van der Waals surface area contributed by atoms with Gasteiger partial charge in [0.2, 0.25) is 11.0 Å². The van der Waals surface area contributed by atoms with Crippen LogP contribution in [0.1, 0.15) is 27.9 Å². The fourth-order valence-corrected chi connectivity index (χ4v) is 5.62. The second kappa shape index (κ2) is 8.82. The highest BCUT2D eigenvalue weighted by atomic mass is 32.2. The molecule has 4 rings (SSSR count). The van der Waals surface area contributed by atoms with Crippen LogP contribution < -0.4 is 4.90 Å². The average molecular weight is 457 g/mol. The summed E-state index contributed by atoms with van der Waals surface area (Å²) < 4.78 is 0. The van der Waals surface area contributed by atoms with Gasteiger partial charge in [0.05, 0.1) is 16.6 Å². The van der Waals surface area contributed by atoms with E-state index >= 15 is 0 Å². The molecule has 2 heterocycles. The maximum atomic E-state index is 13.1. The smallest absolute Gasteiger partial charge is 0.305 e. The van der Waals surface area contributed by atoms with Crippen LogP contribution in [0.15, 0.2) is 54.6 Å². The number of nitro groups is 1. The zero-order chi connectivity index (χ0) is 22.0. The standard InChI is InChI=1S/C20H16N4O5S2/c25-17(26)11-15-18(27)23(19(30-15)13-7-4-8-14(10-13)24(28)29)20-22-21-16(31-20)9-12-5-2-1-3-6-12/h1-8,10,15,19H,9,11H2,(H,25,26). The second-order valence-electron chi connectivity index (χ2n) is 6.78. The maximum absolute atomic E-state index is 13.1. The summed E-state index contributed by atoms with van der Waals surface area (Å²) in [6, 6.07) is 15.7. The van der Waals surface area contributed by atoms with Gasteiger partial charge in [-0.3, -0.25) is 24.6 Å². The lowest BCUT2D eigenvalue weighted by atomic mass is 10.2. The van der Waals surface area contributed by atoms with Gasteiger partial charge >= 0.3 is 5.97 Å². The number of carbonyl (C=O) groups is 2. The van der Waals surface area contributed by atoms with E-state index < -0.39 is 27.4 Å². The number of carboxylic acids is 1. The summed E-state index contributed by atoms with van der Waals surface area (Å²) in [6.45, 7) is 0. The number of amides is 1. The zero-order valence-corrected chi connectivity index (χ0v) is 17.6. The Kier molecular flexibility index (Phi) is 5.96. The van der Waals surface area contributed by atoms with E-state index in [0.29, 0.717) is 22.1 Å². The predicted octanol–water partition coefficient (Wildman–Crippen LogP) is 3.66. The number of anilines is 1. The number of hydrogen-bond acceptors (Lipinski definition) is 8. The molecule has 0 saturated carbocycles. The Morgan fingerprint density at radius 1 is 1.16 bits per heavy atom. The normalized spacial score (nSPS) is 18.3. The number of nitrogens with zero attached hydrogens (tertiary/aromatic N) is 4. The summed E-state index contributed by atoms with van der Waals surface area (Å²) in [7, 11) is 0. The molecule has 1 aromatic heterocycles. The third-order valence-electron chi connectivity index (χ3n) is 4.63. The summed E-state index contributed by atoms with van der Waals surface area (Å²) in [5.41, 5.74) is 1.47. The first-order valence-corrected chi connectivity index (χ1v) is 11.0. The molecule has 1 aliphatic rings. The molecule has 1 aliphatic heterocycles. The van der Waals surface area contributed by atoms with Crippen LogP contribution >= 0.6 is 23.1 Å². The number of aromatic nitrogens is 2. The van der Waals surface area contributed by atoms with Crippen molar-refractivity contribution in [2.24, 2.45) is 0 Å². The van der Waals surface area contributed by atoms with Crippen molar-refractivity contribution in [1.29, 1.82) is 0 Å². The lowest BCUT2D eigenvalue weighted by molar-refractivity contribution is -0.384. The topological polar surface area (TPSA) is 127 Å². The Morgan fingerprint density at radius 3 is 2.65 bits per heavy atom. The van der Waals surface area contributed by atoms with Gasteiger partial charge < -0.3 is 5.11 Å². The maximum Gasteiger partial charge on any atom is 0.305 e. The number of carboxylic acid groups (broad SMARTS) is 1. The predicted molar refractivity (Wildman–Crippen MR) is 116 cm³/mol. The number of carbonyl (C=O) groups excluding carboxylic acids is 1. The molecule has 2 atom stereocenters. The number of non-ortho nitro benzene ring substituents is 1. The van der Waals surface area contributed by atoms with Gasteiger partial charge in [0.25, 0.3) is 5.69 Å². The quantitative estimate of drug-likeness (QED) is 0.422. The van der Waals surface area contributed by atoms with Gasteiger partial charge in [-0.05, 0) is 11.1 Å². The lowest BCUT2D eigenvalue weighted by Crippen LogP contribution is -2.31. The summed E-state index contributed by atoms with van der Waals surface area (Å²) in [6.07, 6.45) is 0.203. The van der Waals surface area contributed by atoms with Gasteiger partial charge in [-0.2, -0.15) is 0 Å². The molecule has 158 valence electrons. The van der Waals surface area contributed by atoms with E-state index in [4.69, 9.17) is 0 Å². The van der Waals surface area contributed by atoms with Gasteiger partial charge in [-0.1, -0.05) is 53.8 Å². The Morgan fingerprint density at radius 2 is 1.94 bits per heavy atom. The van der Waals surface area contributed by atoms with Crippen LogP contribution in [-0.2, 0) is 16.0 Å². The molecule has 2 unspecified atom stereocenters. The fourth-order valence-electron chi connectivity index (χ4n) is 3.24. The van der Waals surface area contributed by atoms with E-state index in [-0.39, 0.29) is 12.1 Å². The average Bonchev–Trinajstić information content (AvgIpc) is 3.33. The number of nitro benzene ring substituents is 1. The monoisotopic (exact) mass is 456 g/mol. The molecule has 2 aromatic carbocycles. The lowest BCUT2D eigenvalue weighted by Gasteiger charge is -2.20. The molecular weight excluding hydrogens is 440 g/mol. The number of rotatable bonds is 7. The second-order valence-corrected chi connectivity index (χ2v) is 9.10. The Labute approximate surface area is 184 Å². The molecule has 11 heteroatoms. The molecule has 1 saturated heterocycles. The summed E-state index contributed by atoms with van der Waals surface area (Å²) in [5, 5.41) is 28.3. The minimum Gasteiger partial charge on any atom is -0.481 e. The molecule has 31 heavy (non-hydrogen) atoms. The van der Waals surface area contributed by atoms with Crippen molar-refractivity contribution >= 4 is 45.8 Å². The highest BCUT2D eigenvalue weighted by Gasteiger charge is 2.44.